The van der Waals surface area contributed by atoms with E-state index in [9.17, 15) is 0 Å². The van der Waals surface area contributed by atoms with E-state index in [1.807, 2.05) is 0 Å². The molecule has 13 rings (SSSR count). The van der Waals surface area contributed by atoms with Gasteiger partial charge in [-0.1, -0.05) is 175 Å². The Balaban J connectivity index is 1.04. The Morgan fingerprint density at radius 3 is 1.30 bits per heavy atom. The Hall–Kier alpha value is -7.16. The molecule has 302 valence electrons. The van der Waals surface area contributed by atoms with Crippen molar-refractivity contribution in [1.82, 2.24) is 0 Å². The van der Waals surface area contributed by atoms with Crippen molar-refractivity contribution in [2.75, 3.05) is 4.90 Å². The summed E-state index contributed by atoms with van der Waals surface area (Å²) in [6.07, 6.45) is 0. The van der Waals surface area contributed by atoms with Crippen molar-refractivity contribution in [1.29, 1.82) is 0 Å². The fourth-order valence-electron chi connectivity index (χ4n) is 12.0. The van der Waals surface area contributed by atoms with Gasteiger partial charge in [0.25, 0.3) is 0 Å². The van der Waals surface area contributed by atoms with Gasteiger partial charge in [-0.05, 0) is 126 Å². The molecular formula is C61H47NO. The van der Waals surface area contributed by atoms with Crippen LogP contribution >= 0.6 is 0 Å². The van der Waals surface area contributed by atoms with Gasteiger partial charge in [0.2, 0.25) is 0 Å². The molecule has 2 heteroatoms. The van der Waals surface area contributed by atoms with Crippen molar-refractivity contribution < 1.29 is 4.42 Å². The molecule has 0 spiro atoms. The molecule has 0 fully saturated rings. The van der Waals surface area contributed by atoms with Crippen molar-refractivity contribution in [3.8, 4) is 44.5 Å². The second-order valence-corrected chi connectivity index (χ2v) is 19.7. The van der Waals surface area contributed by atoms with Crippen LogP contribution in [0.25, 0.3) is 77.2 Å². The van der Waals surface area contributed by atoms with Gasteiger partial charge in [-0.2, -0.15) is 0 Å². The minimum atomic E-state index is -0.147. The van der Waals surface area contributed by atoms with E-state index in [-0.39, 0.29) is 16.2 Å². The van der Waals surface area contributed by atoms with Crippen LogP contribution in [0.3, 0.4) is 0 Å². The Kier molecular flexibility index (Phi) is 7.23. The first-order chi connectivity index (χ1) is 30.5. The number of benzene rings is 9. The van der Waals surface area contributed by atoms with Crippen LogP contribution in [0.5, 0.6) is 0 Å². The molecule has 0 unspecified atom stereocenters. The number of rotatable bonds is 4. The molecule has 2 nitrogen and oxygen atoms in total. The molecule has 0 saturated heterocycles. The predicted molar refractivity (Wildman–Crippen MR) is 264 cm³/mol. The van der Waals surface area contributed by atoms with Crippen LogP contribution in [0.15, 0.2) is 180 Å². The summed E-state index contributed by atoms with van der Waals surface area (Å²) in [7, 11) is 0. The number of anilines is 3. The van der Waals surface area contributed by atoms with Gasteiger partial charge >= 0.3 is 0 Å². The zero-order chi connectivity index (χ0) is 42.6. The van der Waals surface area contributed by atoms with Crippen LogP contribution in [-0.4, -0.2) is 0 Å². The normalized spacial score (nSPS) is 15.5. The fourth-order valence-corrected chi connectivity index (χ4v) is 12.0. The van der Waals surface area contributed by atoms with Crippen molar-refractivity contribution in [3.05, 3.63) is 209 Å². The first-order valence-electron chi connectivity index (χ1n) is 22.4. The zero-order valence-electron chi connectivity index (χ0n) is 36.6. The Labute approximate surface area is 369 Å². The molecule has 1 aromatic heterocycles. The van der Waals surface area contributed by atoms with E-state index in [2.05, 4.69) is 222 Å². The lowest BCUT2D eigenvalue weighted by Gasteiger charge is -2.29. The second kappa shape index (κ2) is 12.5. The lowest BCUT2D eigenvalue weighted by Crippen LogP contribution is -2.18. The minimum absolute atomic E-state index is 0.0896. The van der Waals surface area contributed by atoms with E-state index in [1.54, 1.807) is 0 Å². The number of nitrogens with zero attached hydrogens (tertiary/aromatic N) is 1. The van der Waals surface area contributed by atoms with Gasteiger partial charge in [0.1, 0.15) is 5.58 Å². The van der Waals surface area contributed by atoms with E-state index in [4.69, 9.17) is 4.42 Å². The second-order valence-electron chi connectivity index (χ2n) is 19.7. The van der Waals surface area contributed by atoms with Crippen LogP contribution < -0.4 is 4.90 Å². The summed E-state index contributed by atoms with van der Waals surface area (Å²) >= 11 is 0. The maximum Gasteiger partial charge on any atom is 0.159 e. The lowest BCUT2D eigenvalue weighted by molar-refractivity contribution is 0.659. The van der Waals surface area contributed by atoms with E-state index in [0.29, 0.717) is 0 Å². The third kappa shape index (κ3) is 4.84. The van der Waals surface area contributed by atoms with Gasteiger partial charge in [0, 0.05) is 43.8 Å². The summed E-state index contributed by atoms with van der Waals surface area (Å²) in [6, 6.07) is 65.9. The lowest BCUT2D eigenvalue weighted by atomic mass is 9.81. The molecule has 0 N–H and O–H groups in total. The summed E-state index contributed by atoms with van der Waals surface area (Å²) in [5, 5.41) is 4.54. The first-order valence-corrected chi connectivity index (χ1v) is 22.4. The average Bonchev–Trinajstić information content (AvgIpc) is 3.95. The molecule has 10 aromatic rings. The van der Waals surface area contributed by atoms with E-state index >= 15 is 0 Å². The largest absolute Gasteiger partial charge is 0.453 e. The van der Waals surface area contributed by atoms with Crippen molar-refractivity contribution >= 4 is 49.8 Å². The van der Waals surface area contributed by atoms with E-state index in [0.717, 1.165) is 44.4 Å². The standard InChI is InChI=1S/C61H47NO/c1-59(2)50-22-12-9-17-40(50)43-29-26-36(32-53(43)59)48-35-49-47-21-15-25-56(58(47)63-57(49)46-20-8-7-16-39(46)48)62(37-27-30-44-41-18-10-13-23-51(41)60(3,4)54(44)33-37)38-28-31-45-42-19-11-14-24-52(42)61(5,6)55(45)34-38/h7-35H,1-6H3. The molecular weight excluding hydrogens is 763 g/mol. The smallest absolute Gasteiger partial charge is 0.159 e. The average molecular weight is 810 g/mol. The fraction of sp³-hybridized carbons (Fsp3) is 0.148. The molecule has 0 bridgehead atoms. The van der Waals surface area contributed by atoms with Gasteiger partial charge in [-0.15, -0.1) is 0 Å². The number of para-hydroxylation sites is 1. The van der Waals surface area contributed by atoms with Crippen molar-refractivity contribution in [3.63, 3.8) is 0 Å². The summed E-state index contributed by atoms with van der Waals surface area (Å²) in [5.74, 6) is 0. The Morgan fingerprint density at radius 1 is 0.317 bits per heavy atom. The van der Waals surface area contributed by atoms with Crippen molar-refractivity contribution in [2.24, 2.45) is 0 Å². The van der Waals surface area contributed by atoms with Crippen molar-refractivity contribution in [2.45, 2.75) is 57.8 Å². The number of furan rings is 1. The van der Waals surface area contributed by atoms with Gasteiger partial charge in [-0.3, -0.25) is 0 Å². The molecule has 3 aliphatic rings. The number of hydrogen-bond donors (Lipinski definition) is 0. The van der Waals surface area contributed by atoms with Gasteiger partial charge in [0.05, 0.1) is 5.69 Å². The molecule has 0 aliphatic heterocycles. The maximum absolute atomic E-state index is 7.29. The van der Waals surface area contributed by atoms with Gasteiger partial charge in [0.15, 0.2) is 5.58 Å². The molecule has 0 amide bonds. The monoisotopic (exact) mass is 809 g/mol. The van der Waals surface area contributed by atoms with Crippen LogP contribution in [-0.2, 0) is 16.2 Å². The topological polar surface area (TPSA) is 16.4 Å². The maximum atomic E-state index is 7.29. The Morgan fingerprint density at radius 2 is 0.746 bits per heavy atom. The number of hydrogen-bond acceptors (Lipinski definition) is 2. The molecule has 1 heterocycles. The molecule has 0 saturated carbocycles. The molecule has 3 aliphatic carbocycles. The van der Waals surface area contributed by atoms with Crippen LogP contribution in [0, 0.1) is 0 Å². The highest BCUT2D eigenvalue weighted by Gasteiger charge is 2.39. The van der Waals surface area contributed by atoms with Crippen LogP contribution in [0.4, 0.5) is 17.1 Å². The predicted octanol–water partition coefficient (Wildman–Crippen LogP) is 16.8. The highest BCUT2D eigenvalue weighted by molar-refractivity contribution is 6.21. The first kappa shape index (κ1) is 36.5. The van der Waals surface area contributed by atoms with E-state index in [1.165, 1.54) is 83.3 Å². The van der Waals surface area contributed by atoms with Crippen LogP contribution in [0.2, 0.25) is 0 Å². The van der Waals surface area contributed by atoms with Crippen LogP contribution in [0.1, 0.15) is 74.9 Å². The quantitative estimate of drug-likeness (QED) is 0.176. The molecule has 0 atom stereocenters. The molecule has 0 radical (unpaired) electrons. The minimum Gasteiger partial charge on any atom is -0.453 e. The molecule has 63 heavy (non-hydrogen) atoms. The number of fused-ring (bicyclic) bond motifs is 14. The van der Waals surface area contributed by atoms with Gasteiger partial charge < -0.3 is 9.32 Å². The zero-order valence-corrected chi connectivity index (χ0v) is 36.6. The summed E-state index contributed by atoms with van der Waals surface area (Å²) in [6.45, 7) is 14.2. The molecule has 9 aromatic carbocycles. The third-order valence-corrected chi connectivity index (χ3v) is 15.3. The highest BCUT2D eigenvalue weighted by atomic mass is 16.3. The Bertz CT molecular complexity index is 3510. The summed E-state index contributed by atoms with van der Waals surface area (Å²) < 4.78 is 7.29. The van der Waals surface area contributed by atoms with E-state index < -0.39 is 0 Å². The third-order valence-electron chi connectivity index (χ3n) is 15.3. The highest BCUT2D eigenvalue weighted by Crippen LogP contribution is 2.55. The van der Waals surface area contributed by atoms with Gasteiger partial charge in [-0.25, -0.2) is 0 Å². The summed E-state index contributed by atoms with van der Waals surface area (Å²) in [4.78, 5) is 2.45. The SMILES string of the molecule is CC1(C)c2ccccc2-c2ccc(-c3cc4c5cccc(N(c6ccc7c(c6)C(C)(C)c6ccccc6-7)c6ccc7c(c6)C(C)(C)c6ccccc6-7)c5oc4c4ccccc34)cc21. The summed E-state index contributed by atoms with van der Waals surface area (Å²) in [5.41, 5.74) is 23.3.